The molecule has 0 radical (unpaired) electrons. The Labute approximate surface area is 210 Å². The molecule has 1 aromatic heterocycles. The maximum atomic E-state index is 14.5. The van der Waals surface area contributed by atoms with Crippen molar-refractivity contribution in [2.75, 3.05) is 25.6 Å². The zero-order chi connectivity index (χ0) is 25.5. The van der Waals surface area contributed by atoms with Gasteiger partial charge in [-0.2, -0.15) is 5.10 Å². The molecule has 1 heterocycles. The number of halogens is 2. The minimum Gasteiger partial charge on any atom is -0.477 e. The molecule has 0 aliphatic rings. The highest BCUT2D eigenvalue weighted by atomic mass is 79.9. The molecule has 3 aromatic rings. The van der Waals surface area contributed by atoms with Crippen LogP contribution in [-0.2, 0) is 11.8 Å². The fourth-order valence-corrected chi connectivity index (χ4v) is 3.92. The van der Waals surface area contributed by atoms with Crippen LogP contribution >= 0.6 is 15.9 Å². The summed E-state index contributed by atoms with van der Waals surface area (Å²) >= 11 is 3.34. The van der Waals surface area contributed by atoms with Crippen molar-refractivity contribution in [3.8, 4) is 17.0 Å². The molecule has 0 spiro atoms. The number of benzene rings is 2. The van der Waals surface area contributed by atoms with Crippen LogP contribution in [0.3, 0.4) is 0 Å². The number of nitrogens with one attached hydrogen (secondary N) is 1. The molecular weight excluding hydrogens is 523 g/mol. The molecule has 35 heavy (non-hydrogen) atoms. The van der Waals surface area contributed by atoms with Crippen LogP contribution in [0.5, 0.6) is 5.88 Å². The summed E-state index contributed by atoms with van der Waals surface area (Å²) in [5, 5.41) is 18.6. The van der Waals surface area contributed by atoms with Gasteiger partial charge >= 0.3 is 5.97 Å². The van der Waals surface area contributed by atoms with Crippen molar-refractivity contribution in [1.82, 2.24) is 9.78 Å². The van der Waals surface area contributed by atoms with Gasteiger partial charge in [-0.25, -0.2) is 13.9 Å². The first-order valence-electron chi connectivity index (χ1n) is 10.9. The van der Waals surface area contributed by atoms with Gasteiger partial charge < -0.3 is 14.8 Å². The standard InChI is InChI=1S/C24H26BrFN4O5/c1-15(13-27-21-12-17(25)7-9-22(21)30(32)33)5-4-10-35-23-19(14-28-29(23)2)18-11-16(24(31)34-3)6-8-20(18)26/h6-9,11-12,14-15,27H,4-5,10,13H2,1-3H3/t15-/m1/s1. The molecule has 0 fully saturated rings. The number of carbonyl (C=O) groups excluding carboxylic acids is 1. The largest absolute Gasteiger partial charge is 0.477 e. The number of hydrogen-bond donors (Lipinski definition) is 1. The number of nitro groups is 1. The van der Waals surface area contributed by atoms with E-state index >= 15 is 0 Å². The fourth-order valence-electron chi connectivity index (χ4n) is 3.55. The van der Waals surface area contributed by atoms with Crippen LogP contribution < -0.4 is 10.1 Å². The predicted octanol–water partition coefficient (Wildman–Crippen LogP) is 5.59. The van der Waals surface area contributed by atoms with E-state index in [2.05, 4.69) is 26.3 Å². The van der Waals surface area contributed by atoms with Crippen molar-refractivity contribution in [3.05, 3.63) is 68.6 Å². The molecular formula is C24H26BrFN4O5. The minimum atomic E-state index is -0.562. The molecule has 9 nitrogen and oxygen atoms in total. The van der Waals surface area contributed by atoms with Gasteiger partial charge in [0.05, 0.1) is 36.0 Å². The Morgan fingerprint density at radius 3 is 2.77 bits per heavy atom. The van der Waals surface area contributed by atoms with Crippen molar-refractivity contribution in [1.29, 1.82) is 0 Å². The van der Waals surface area contributed by atoms with E-state index < -0.39 is 16.7 Å². The van der Waals surface area contributed by atoms with Gasteiger partial charge in [0.25, 0.3) is 5.69 Å². The van der Waals surface area contributed by atoms with Crippen LogP contribution in [-0.4, -0.2) is 40.9 Å². The molecule has 1 N–H and O–H groups in total. The Hall–Kier alpha value is -3.47. The van der Waals surface area contributed by atoms with Gasteiger partial charge in [-0.1, -0.05) is 22.9 Å². The second-order valence-electron chi connectivity index (χ2n) is 8.07. The lowest BCUT2D eigenvalue weighted by Gasteiger charge is -2.15. The summed E-state index contributed by atoms with van der Waals surface area (Å²) in [6.07, 6.45) is 3.00. The zero-order valence-corrected chi connectivity index (χ0v) is 21.2. The lowest BCUT2D eigenvalue weighted by Crippen LogP contribution is -2.14. The number of aromatic nitrogens is 2. The number of hydrogen-bond acceptors (Lipinski definition) is 7. The SMILES string of the molecule is COC(=O)c1ccc(F)c(-c2cnn(C)c2OCCC[C@@H](C)CNc2cc(Br)ccc2[N+](=O)[O-])c1. The second-order valence-corrected chi connectivity index (χ2v) is 8.98. The summed E-state index contributed by atoms with van der Waals surface area (Å²) in [5.74, 6) is -0.455. The van der Waals surface area contributed by atoms with Crippen molar-refractivity contribution >= 4 is 33.3 Å². The molecule has 0 amide bonds. The van der Waals surface area contributed by atoms with E-state index in [0.717, 1.165) is 10.9 Å². The number of rotatable bonds is 11. The predicted molar refractivity (Wildman–Crippen MR) is 133 cm³/mol. The van der Waals surface area contributed by atoms with Crippen LogP contribution in [0.15, 0.2) is 47.1 Å². The summed E-state index contributed by atoms with van der Waals surface area (Å²) < 4.78 is 27.5. The summed E-state index contributed by atoms with van der Waals surface area (Å²) in [7, 11) is 2.96. The van der Waals surface area contributed by atoms with Gasteiger partial charge in [0.1, 0.15) is 11.5 Å². The monoisotopic (exact) mass is 548 g/mol. The number of esters is 1. The maximum Gasteiger partial charge on any atom is 0.337 e. The van der Waals surface area contributed by atoms with Gasteiger partial charge in [0.15, 0.2) is 0 Å². The number of aryl methyl sites for hydroxylation is 1. The molecule has 0 aliphatic heterocycles. The van der Waals surface area contributed by atoms with Gasteiger partial charge in [0, 0.05) is 29.7 Å². The fraction of sp³-hybridized carbons (Fsp3) is 0.333. The Kier molecular flexibility index (Phi) is 8.80. The number of methoxy groups -OCH3 is 1. The first-order chi connectivity index (χ1) is 16.7. The van der Waals surface area contributed by atoms with Crippen LogP contribution in [0.4, 0.5) is 15.8 Å². The second kappa shape index (κ2) is 11.8. The Morgan fingerprint density at radius 1 is 1.29 bits per heavy atom. The summed E-state index contributed by atoms with van der Waals surface area (Å²) in [5.41, 5.74) is 1.35. The van der Waals surface area contributed by atoms with Crippen LogP contribution in [0.1, 0.15) is 30.1 Å². The Bertz CT molecular complexity index is 1220. The third-order valence-electron chi connectivity index (χ3n) is 5.44. The number of ether oxygens (including phenoxy) is 2. The van der Waals surface area contributed by atoms with Gasteiger partial charge in [-0.15, -0.1) is 0 Å². The molecule has 0 bridgehead atoms. The lowest BCUT2D eigenvalue weighted by atomic mass is 10.0. The molecule has 0 saturated heterocycles. The van der Waals surface area contributed by atoms with Crippen molar-refractivity contribution in [2.45, 2.75) is 19.8 Å². The molecule has 0 aliphatic carbocycles. The normalized spacial score (nSPS) is 11.7. The number of nitro benzene ring substituents is 1. The molecule has 2 aromatic carbocycles. The van der Waals surface area contributed by atoms with E-state index in [4.69, 9.17) is 9.47 Å². The number of anilines is 1. The quantitative estimate of drug-likeness (QED) is 0.144. The van der Waals surface area contributed by atoms with Crippen LogP contribution in [0, 0.1) is 21.8 Å². The molecule has 186 valence electrons. The highest BCUT2D eigenvalue weighted by molar-refractivity contribution is 9.10. The maximum absolute atomic E-state index is 14.5. The smallest absolute Gasteiger partial charge is 0.337 e. The first-order valence-corrected chi connectivity index (χ1v) is 11.7. The molecule has 11 heteroatoms. The van der Waals surface area contributed by atoms with E-state index in [1.807, 2.05) is 6.92 Å². The highest BCUT2D eigenvalue weighted by Crippen LogP contribution is 2.33. The van der Waals surface area contributed by atoms with Crippen molar-refractivity contribution in [3.63, 3.8) is 0 Å². The molecule has 0 saturated carbocycles. The molecule has 1 atom stereocenters. The van der Waals surface area contributed by atoms with Gasteiger partial charge in [-0.05, 0) is 49.1 Å². The number of carbonyl (C=O) groups is 1. The lowest BCUT2D eigenvalue weighted by molar-refractivity contribution is -0.384. The van der Waals surface area contributed by atoms with Gasteiger partial charge in [0.2, 0.25) is 5.88 Å². The minimum absolute atomic E-state index is 0.0240. The van der Waals surface area contributed by atoms with Crippen LogP contribution in [0.2, 0.25) is 0 Å². The van der Waals surface area contributed by atoms with E-state index in [9.17, 15) is 19.3 Å². The third kappa shape index (κ3) is 6.56. The van der Waals surface area contributed by atoms with E-state index in [0.29, 0.717) is 36.7 Å². The van der Waals surface area contributed by atoms with Crippen LogP contribution in [0.25, 0.3) is 11.1 Å². The van der Waals surface area contributed by atoms with E-state index in [-0.39, 0.29) is 22.7 Å². The van der Waals surface area contributed by atoms with Crippen molar-refractivity contribution in [2.24, 2.45) is 13.0 Å². The highest BCUT2D eigenvalue weighted by Gasteiger charge is 2.19. The van der Waals surface area contributed by atoms with E-state index in [1.54, 1.807) is 19.2 Å². The molecule has 0 unspecified atom stereocenters. The topological polar surface area (TPSA) is 109 Å². The van der Waals surface area contributed by atoms with Crippen molar-refractivity contribution < 1.29 is 23.6 Å². The number of nitrogens with zero attached hydrogens (tertiary/aromatic N) is 3. The zero-order valence-electron chi connectivity index (χ0n) is 19.6. The summed E-state index contributed by atoms with van der Waals surface area (Å²) in [6, 6.07) is 8.77. The first kappa shape index (κ1) is 26.1. The summed E-state index contributed by atoms with van der Waals surface area (Å²) in [4.78, 5) is 22.7. The average molecular weight is 549 g/mol. The third-order valence-corrected chi connectivity index (χ3v) is 5.93. The van der Waals surface area contributed by atoms with E-state index in [1.165, 1.54) is 42.3 Å². The average Bonchev–Trinajstić information content (AvgIpc) is 3.20. The summed E-state index contributed by atoms with van der Waals surface area (Å²) in [6.45, 7) is 2.96. The Morgan fingerprint density at radius 2 is 2.06 bits per heavy atom. The van der Waals surface area contributed by atoms with Gasteiger partial charge in [-0.3, -0.25) is 10.1 Å². The molecule has 3 rings (SSSR count). The Balaban J connectivity index is 1.58.